The van der Waals surface area contributed by atoms with Crippen molar-refractivity contribution in [2.45, 2.75) is 316 Å². The van der Waals surface area contributed by atoms with Crippen LogP contribution in [0.1, 0.15) is 310 Å². The van der Waals surface area contributed by atoms with E-state index < -0.39 is 6.10 Å². The number of carbonyl (C=O) groups is 3. The monoisotopic (exact) mass is 1080 g/mol. The van der Waals surface area contributed by atoms with Gasteiger partial charge in [0.25, 0.3) is 0 Å². The standard InChI is InChI=1S/C72H122O6/c1-4-7-10-13-16-19-21-23-25-27-28-29-30-31-32-33-34-35-36-37-38-39-40-41-42-43-44-45-47-48-50-53-56-59-62-65-71(74)77-68-69(67-76-70(73)64-61-58-55-52-18-15-12-9-6-3)78-72(75)66-63-60-57-54-51-49-46-26-24-22-20-17-14-11-8-5-2/h7,10,16,19,23,25,28-29,31-32,34-35,37-38,40-41,43-44,69H,4-6,8-9,11-15,17-18,20-22,24,26-27,30,33,36,39,42,45-68H2,1-3H3/b10-7-,19-16-,25-23-,29-28-,32-31-,35-34-,38-37-,41-40-,44-43-. The molecule has 6 nitrogen and oxygen atoms in total. The quantitative estimate of drug-likeness (QED) is 0.0261. The number of esters is 3. The summed E-state index contributed by atoms with van der Waals surface area (Å²) in [6.45, 7) is 6.52. The number of ether oxygens (including phenoxy) is 3. The van der Waals surface area contributed by atoms with Gasteiger partial charge in [-0.25, -0.2) is 0 Å². The van der Waals surface area contributed by atoms with Crippen LogP contribution in [0.15, 0.2) is 109 Å². The number of hydrogen-bond acceptors (Lipinski definition) is 6. The van der Waals surface area contributed by atoms with E-state index >= 15 is 0 Å². The van der Waals surface area contributed by atoms with Crippen molar-refractivity contribution in [1.82, 2.24) is 0 Å². The van der Waals surface area contributed by atoms with Crippen LogP contribution in [0, 0.1) is 0 Å². The molecule has 0 bridgehead atoms. The molecule has 0 heterocycles. The smallest absolute Gasteiger partial charge is 0.306 e. The van der Waals surface area contributed by atoms with Gasteiger partial charge in [-0.1, -0.05) is 310 Å². The van der Waals surface area contributed by atoms with Crippen LogP contribution >= 0.6 is 0 Å². The second-order valence-corrected chi connectivity index (χ2v) is 21.7. The first-order valence-electron chi connectivity index (χ1n) is 32.9. The third-order valence-corrected chi connectivity index (χ3v) is 14.0. The minimum atomic E-state index is -0.779. The molecule has 0 spiro atoms. The molecule has 0 saturated carbocycles. The Balaban J connectivity index is 4.18. The van der Waals surface area contributed by atoms with Crippen molar-refractivity contribution in [2.24, 2.45) is 0 Å². The summed E-state index contributed by atoms with van der Waals surface area (Å²) in [7, 11) is 0. The van der Waals surface area contributed by atoms with E-state index in [1.54, 1.807) is 0 Å². The van der Waals surface area contributed by atoms with E-state index in [1.165, 1.54) is 148 Å². The zero-order valence-electron chi connectivity index (χ0n) is 51.2. The van der Waals surface area contributed by atoms with Gasteiger partial charge in [0, 0.05) is 19.3 Å². The molecule has 0 aromatic carbocycles. The molecule has 0 amide bonds. The van der Waals surface area contributed by atoms with Gasteiger partial charge in [-0.2, -0.15) is 0 Å². The van der Waals surface area contributed by atoms with Gasteiger partial charge >= 0.3 is 17.9 Å². The molecule has 0 radical (unpaired) electrons. The zero-order chi connectivity index (χ0) is 56.4. The molecule has 1 unspecified atom stereocenters. The van der Waals surface area contributed by atoms with Gasteiger partial charge in [0.1, 0.15) is 13.2 Å². The Morgan fingerprint density at radius 1 is 0.269 bits per heavy atom. The van der Waals surface area contributed by atoms with Crippen LogP contribution in [0.2, 0.25) is 0 Å². The van der Waals surface area contributed by atoms with E-state index in [4.69, 9.17) is 14.2 Å². The van der Waals surface area contributed by atoms with Gasteiger partial charge in [0.15, 0.2) is 6.10 Å². The average molecular weight is 1080 g/mol. The fourth-order valence-corrected chi connectivity index (χ4v) is 9.14. The van der Waals surface area contributed by atoms with Crippen LogP contribution in [-0.4, -0.2) is 37.2 Å². The molecule has 1 atom stereocenters. The van der Waals surface area contributed by atoms with Gasteiger partial charge in [-0.05, 0) is 89.9 Å². The Hall–Kier alpha value is -3.93. The maximum Gasteiger partial charge on any atom is 0.306 e. The lowest BCUT2D eigenvalue weighted by Gasteiger charge is -2.18. The van der Waals surface area contributed by atoms with Crippen molar-refractivity contribution in [2.75, 3.05) is 13.2 Å². The lowest BCUT2D eigenvalue weighted by Crippen LogP contribution is -2.30. The number of rotatable bonds is 59. The molecule has 446 valence electrons. The van der Waals surface area contributed by atoms with Crippen molar-refractivity contribution in [3.63, 3.8) is 0 Å². The topological polar surface area (TPSA) is 78.9 Å². The lowest BCUT2D eigenvalue weighted by atomic mass is 10.0. The van der Waals surface area contributed by atoms with Crippen molar-refractivity contribution in [3.05, 3.63) is 109 Å². The summed E-state index contributed by atoms with van der Waals surface area (Å²) in [5.41, 5.74) is 0. The maximum atomic E-state index is 12.9. The summed E-state index contributed by atoms with van der Waals surface area (Å²) in [4.78, 5) is 38.2. The summed E-state index contributed by atoms with van der Waals surface area (Å²) < 4.78 is 16.9. The first-order valence-corrected chi connectivity index (χ1v) is 32.9. The normalized spacial score (nSPS) is 12.8. The fraction of sp³-hybridized carbons (Fsp3) is 0.708. The van der Waals surface area contributed by atoms with Gasteiger partial charge in [0.2, 0.25) is 0 Å². The highest BCUT2D eigenvalue weighted by Gasteiger charge is 2.19. The molecular formula is C72H122O6. The number of allylic oxidation sites excluding steroid dienone is 18. The van der Waals surface area contributed by atoms with Crippen molar-refractivity contribution >= 4 is 17.9 Å². The van der Waals surface area contributed by atoms with Crippen LogP contribution in [-0.2, 0) is 28.6 Å². The third-order valence-electron chi connectivity index (χ3n) is 14.0. The summed E-state index contributed by atoms with van der Waals surface area (Å²) in [5, 5.41) is 0. The largest absolute Gasteiger partial charge is 0.462 e. The molecule has 78 heavy (non-hydrogen) atoms. The molecule has 0 aliphatic carbocycles. The van der Waals surface area contributed by atoms with E-state index in [1.807, 2.05) is 0 Å². The molecule has 0 N–H and O–H groups in total. The molecular weight excluding hydrogens is 961 g/mol. The molecule has 6 heteroatoms. The predicted octanol–water partition coefficient (Wildman–Crippen LogP) is 22.6. The van der Waals surface area contributed by atoms with E-state index in [-0.39, 0.29) is 31.1 Å². The molecule has 0 aliphatic rings. The van der Waals surface area contributed by atoms with Gasteiger partial charge in [-0.15, -0.1) is 0 Å². The molecule has 0 rings (SSSR count). The Morgan fingerprint density at radius 2 is 0.500 bits per heavy atom. The van der Waals surface area contributed by atoms with Crippen LogP contribution in [0.4, 0.5) is 0 Å². The van der Waals surface area contributed by atoms with Crippen molar-refractivity contribution in [1.29, 1.82) is 0 Å². The minimum absolute atomic E-state index is 0.0772. The second-order valence-electron chi connectivity index (χ2n) is 21.7. The van der Waals surface area contributed by atoms with E-state index in [0.717, 1.165) is 122 Å². The SMILES string of the molecule is CC/C=C\C/C=C\C/C=C\C/C=C\C/C=C\C/C=C\C/C=C\C/C=C\C/C=C\CCCCCCCCCC(=O)OCC(COC(=O)CCCCCCCCCCC)OC(=O)CCCCCCCCCCCCCCCCCC. The zero-order valence-corrected chi connectivity index (χ0v) is 51.2. The molecule has 0 aliphatic heterocycles. The fourth-order valence-electron chi connectivity index (χ4n) is 9.14. The summed E-state index contributed by atoms with van der Waals surface area (Å²) in [5.74, 6) is -0.881. The first-order chi connectivity index (χ1) is 38.5. The highest BCUT2D eigenvalue weighted by atomic mass is 16.6. The first kappa shape index (κ1) is 74.1. The van der Waals surface area contributed by atoms with Crippen molar-refractivity contribution < 1.29 is 28.6 Å². The Morgan fingerprint density at radius 3 is 0.782 bits per heavy atom. The lowest BCUT2D eigenvalue weighted by molar-refractivity contribution is -0.167. The number of hydrogen-bond donors (Lipinski definition) is 0. The van der Waals surface area contributed by atoms with Gasteiger partial charge in [0.05, 0.1) is 0 Å². The molecule has 0 saturated heterocycles. The van der Waals surface area contributed by atoms with E-state index in [9.17, 15) is 14.4 Å². The molecule has 0 fully saturated rings. The Kier molecular flexibility index (Phi) is 62.3. The van der Waals surface area contributed by atoms with Gasteiger partial charge in [-0.3, -0.25) is 14.4 Å². The summed E-state index contributed by atoms with van der Waals surface area (Å²) in [6.07, 6.45) is 89.7. The average Bonchev–Trinajstić information content (AvgIpc) is 3.44. The summed E-state index contributed by atoms with van der Waals surface area (Å²) in [6, 6.07) is 0. The third kappa shape index (κ3) is 62.9. The van der Waals surface area contributed by atoms with Crippen LogP contribution in [0.25, 0.3) is 0 Å². The Bertz CT molecular complexity index is 1570. The second kappa shape index (κ2) is 65.6. The molecule has 0 aromatic rings. The van der Waals surface area contributed by atoms with Gasteiger partial charge < -0.3 is 14.2 Å². The highest BCUT2D eigenvalue weighted by Crippen LogP contribution is 2.16. The van der Waals surface area contributed by atoms with E-state index in [0.29, 0.717) is 19.3 Å². The molecule has 0 aromatic heterocycles. The minimum Gasteiger partial charge on any atom is -0.462 e. The summed E-state index contributed by atoms with van der Waals surface area (Å²) >= 11 is 0. The van der Waals surface area contributed by atoms with E-state index in [2.05, 4.69) is 130 Å². The van der Waals surface area contributed by atoms with Crippen molar-refractivity contribution in [3.8, 4) is 0 Å². The van der Waals surface area contributed by atoms with Crippen LogP contribution in [0.5, 0.6) is 0 Å². The maximum absolute atomic E-state index is 12.9. The predicted molar refractivity (Wildman–Crippen MR) is 339 cm³/mol. The van der Waals surface area contributed by atoms with Crippen LogP contribution < -0.4 is 0 Å². The van der Waals surface area contributed by atoms with Crippen LogP contribution in [0.3, 0.4) is 0 Å². The highest BCUT2D eigenvalue weighted by molar-refractivity contribution is 5.71. The number of carbonyl (C=O) groups excluding carboxylic acids is 3. The Labute approximate surface area is 482 Å². The number of unbranched alkanes of at least 4 members (excludes halogenated alkanes) is 30.